The summed E-state index contributed by atoms with van der Waals surface area (Å²) in [4.78, 5) is 0. The summed E-state index contributed by atoms with van der Waals surface area (Å²) in [6.45, 7) is 6.83. The Morgan fingerprint density at radius 1 is 1.55 bits per heavy atom. The van der Waals surface area contributed by atoms with Crippen molar-refractivity contribution in [2.45, 2.75) is 27.2 Å². The number of hydrogen-bond acceptors (Lipinski definition) is 2. The van der Waals surface area contributed by atoms with Crippen LogP contribution in [0.5, 0.6) is 0 Å². The number of hydrogen-bond donors (Lipinski definition) is 0. The predicted octanol–water partition coefficient (Wildman–Crippen LogP) is 3.16. The van der Waals surface area contributed by atoms with Crippen LogP contribution in [0.3, 0.4) is 0 Å². The van der Waals surface area contributed by atoms with Crippen molar-refractivity contribution in [1.29, 1.82) is 0 Å². The van der Waals surface area contributed by atoms with E-state index < -0.39 is 0 Å². The van der Waals surface area contributed by atoms with Crippen LogP contribution in [0.15, 0.2) is 0 Å². The third kappa shape index (κ3) is 4.06. The van der Waals surface area contributed by atoms with Crippen LogP contribution in [0.25, 0.3) is 0 Å². The van der Waals surface area contributed by atoms with Crippen molar-refractivity contribution in [3.63, 3.8) is 0 Å². The number of halogens is 1. The average molecular weight is 239 g/mol. The van der Waals surface area contributed by atoms with Gasteiger partial charge in [-0.3, -0.25) is 0 Å². The first kappa shape index (κ1) is 11.4. The molecule has 0 aromatic carbocycles. The van der Waals surface area contributed by atoms with Gasteiger partial charge in [-0.25, -0.2) is 0 Å². The van der Waals surface area contributed by atoms with Gasteiger partial charge in [-0.05, 0) is 25.6 Å². The molecule has 0 aliphatic carbocycles. The van der Waals surface area contributed by atoms with E-state index in [0.717, 1.165) is 16.8 Å². The molecule has 3 heteroatoms. The van der Waals surface area contributed by atoms with E-state index in [1.165, 1.54) is 0 Å². The van der Waals surface area contributed by atoms with E-state index >= 15 is 0 Å². The molecule has 1 nitrogen and oxygen atoms in total. The van der Waals surface area contributed by atoms with Gasteiger partial charge >= 0.3 is 0 Å². The van der Waals surface area contributed by atoms with E-state index in [9.17, 15) is 0 Å². The second-order valence-corrected chi connectivity index (χ2v) is 4.21. The third-order valence-corrected chi connectivity index (χ3v) is 2.61. The standard InChI is InChI=1S/C8H15BrOS/c1-4-10-7(11)8(2,3)5-6-9/h4-6H2,1-3H3. The highest BCUT2D eigenvalue weighted by atomic mass is 79.9. The molecule has 0 amide bonds. The van der Waals surface area contributed by atoms with Gasteiger partial charge in [0, 0.05) is 10.7 Å². The normalized spacial score (nSPS) is 11.3. The number of thiocarbonyl (C=S) groups is 1. The molecule has 0 N–H and O–H groups in total. The van der Waals surface area contributed by atoms with Crippen molar-refractivity contribution in [2.24, 2.45) is 5.41 Å². The molecular weight excluding hydrogens is 224 g/mol. The van der Waals surface area contributed by atoms with E-state index in [0.29, 0.717) is 6.61 Å². The summed E-state index contributed by atoms with van der Waals surface area (Å²) in [7, 11) is 0. The molecule has 0 rings (SSSR count). The molecule has 0 fully saturated rings. The summed E-state index contributed by atoms with van der Waals surface area (Å²) in [6.07, 6.45) is 1.02. The monoisotopic (exact) mass is 238 g/mol. The first-order chi connectivity index (χ1) is 5.04. The fraction of sp³-hybridized carbons (Fsp3) is 0.875. The zero-order chi connectivity index (χ0) is 8.91. The number of rotatable bonds is 4. The molecule has 0 spiro atoms. The van der Waals surface area contributed by atoms with Crippen LogP contribution in [-0.2, 0) is 4.74 Å². The van der Waals surface area contributed by atoms with Gasteiger partial charge in [-0.2, -0.15) is 0 Å². The van der Waals surface area contributed by atoms with E-state index in [4.69, 9.17) is 17.0 Å². The van der Waals surface area contributed by atoms with Gasteiger partial charge in [0.1, 0.15) is 0 Å². The molecule has 0 saturated carbocycles. The molecular formula is C8H15BrOS. The molecule has 0 aliphatic rings. The predicted molar refractivity (Wildman–Crippen MR) is 56.4 cm³/mol. The largest absolute Gasteiger partial charge is 0.487 e. The zero-order valence-corrected chi connectivity index (χ0v) is 9.72. The smallest absolute Gasteiger partial charge is 0.165 e. The topological polar surface area (TPSA) is 9.23 Å². The van der Waals surface area contributed by atoms with Gasteiger partial charge in [0.05, 0.1) is 6.61 Å². The van der Waals surface area contributed by atoms with Crippen LogP contribution < -0.4 is 0 Å². The Morgan fingerprint density at radius 2 is 2.09 bits per heavy atom. The molecule has 0 aliphatic heterocycles. The Balaban J connectivity index is 3.94. The summed E-state index contributed by atoms with van der Waals surface area (Å²) in [5.41, 5.74) is 0.0227. The van der Waals surface area contributed by atoms with Crippen LogP contribution in [0, 0.1) is 5.41 Å². The molecule has 0 aromatic rings. The van der Waals surface area contributed by atoms with Gasteiger partial charge in [-0.1, -0.05) is 29.8 Å². The van der Waals surface area contributed by atoms with E-state index in [1.54, 1.807) is 0 Å². The minimum atomic E-state index is 0.0227. The van der Waals surface area contributed by atoms with Gasteiger partial charge < -0.3 is 4.74 Å². The van der Waals surface area contributed by atoms with Crippen LogP contribution >= 0.6 is 28.1 Å². The van der Waals surface area contributed by atoms with Crippen molar-refractivity contribution >= 4 is 33.2 Å². The van der Waals surface area contributed by atoms with Gasteiger partial charge in [0.15, 0.2) is 5.05 Å². The van der Waals surface area contributed by atoms with Crippen molar-refractivity contribution in [1.82, 2.24) is 0 Å². The van der Waals surface area contributed by atoms with Gasteiger partial charge in [0.25, 0.3) is 0 Å². The Morgan fingerprint density at radius 3 is 2.45 bits per heavy atom. The maximum absolute atomic E-state index is 5.27. The molecule has 0 aromatic heterocycles. The maximum atomic E-state index is 5.27. The summed E-state index contributed by atoms with van der Waals surface area (Å²) < 4.78 is 5.27. The van der Waals surface area contributed by atoms with Crippen molar-refractivity contribution in [3.8, 4) is 0 Å². The molecule has 0 atom stereocenters. The molecule has 66 valence electrons. The van der Waals surface area contributed by atoms with Gasteiger partial charge in [-0.15, -0.1) is 0 Å². The minimum absolute atomic E-state index is 0.0227. The Bertz CT molecular complexity index is 134. The first-order valence-corrected chi connectivity index (χ1v) is 5.30. The van der Waals surface area contributed by atoms with E-state index in [2.05, 4.69) is 29.8 Å². The molecule has 0 heterocycles. The average Bonchev–Trinajstić information content (AvgIpc) is 1.88. The third-order valence-electron chi connectivity index (χ3n) is 1.55. The molecule has 0 saturated heterocycles. The lowest BCUT2D eigenvalue weighted by molar-refractivity contribution is 0.281. The number of ether oxygens (including phenoxy) is 1. The highest BCUT2D eigenvalue weighted by Crippen LogP contribution is 2.24. The summed E-state index contributed by atoms with van der Waals surface area (Å²) >= 11 is 8.50. The van der Waals surface area contributed by atoms with Crippen LogP contribution in [0.4, 0.5) is 0 Å². The van der Waals surface area contributed by atoms with Crippen molar-refractivity contribution in [2.75, 3.05) is 11.9 Å². The van der Waals surface area contributed by atoms with Gasteiger partial charge in [0.2, 0.25) is 0 Å². The van der Waals surface area contributed by atoms with Crippen LogP contribution in [-0.4, -0.2) is 17.0 Å². The summed E-state index contributed by atoms with van der Waals surface area (Å²) in [6, 6.07) is 0. The summed E-state index contributed by atoms with van der Waals surface area (Å²) in [5, 5.41) is 1.69. The fourth-order valence-electron chi connectivity index (χ4n) is 0.665. The van der Waals surface area contributed by atoms with Crippen molar-refractivity contribution in [3.05, 3.63) is 0 Å². The Labute approximate surface area is 82.6 Å². The second kappa shape index (κ2) is 5.09. The van der Waals surface area contributed by atoms with E-state index in [1.807, 2.05) is 6.92 Å². The lowest BCUT2D eigenvalue weighted by Crippen LogP contribution is -2.25. The Hall–Kier alpha value is 0.370. The first-order valence-electron chi connectivity index (χ1n) is 3.77. The summed E-state index contributed by atoms with van der Waals surface area (Å²) in [5.74, 6) is 0. The van der Waals surface area contributed by atoms with E-state index in [-0.39, 0.29) is 5.41 Å². The maximum Gasteiger partial charge on any atom is 0.165 e. The fourth-order valence-corrected chi connectivity index (χ4v) is 1.88. The molecule has 11 heavy (non-hydrogen) atoms. The molecule has 0 unspecified atom stereocenters. The second-order valence-electron chi connectivity index (χ2n) is 3.04. The lowest BCUT2D eigenvalue weighted by atomic mass is 9.91. The van der Waals surface area contributed by atoms with Crippen molar-refractivity contribution < 1.29 is 4.74 Å². The van der Waals surface area contributed by atoms with Crippen LogP contribution in [0.2, 0.25) is 0 Å². The quantitative estimate of drug-likeness (QED) is 0.550. The SMILES string of the molecule is CCOC(=S)C(C)(C)CCBr. The molecule has 0 bridgehead atoms. The highest BCUT2D eigenvalue weighted by molar-refractivity contribution is 9.09. The highest BCUT2D eigenvalue weighted by Gasteiger charge is 2.23. The van der Waals surface area contributed by atoms with Crippen LogP contribution in [0.1, 0.15) is 27.2 Å². The zero-order valence-electron chi connectivity index (χ0n) is 7.32. The molecule has 0 radical (unpaired) electrons. The lowest BCUT2D eigenvalue weighted by Gasteiger charge is -2.23. The minimum Gasteiger partial charge on any atom is -0.487 e. The Kier molecular flexibility index (Phi) is 5.26. The number of alkyl halides is 1.